The van der Waals surface area contributed by atoms with E-state index in [1.54, 1.807) is 24.3 Å². The molecule has 0 spiro atoms. The van der Waals surface area contributed by atoms with Crippen molar-refractivity contribution in [1.82, 2.24) is 5.43 Å². The first kappa shape index (κ1) is 22.2. The van der Waals surface area contributed by atoms with Crippen LogP contribution in [0.25, 0.3) is 0 Å². The average molecular weight is 433 g/mol. The number of nitrogens with zero attached hydrogens (tertiary/aromatic N) is 2. The lowest BCUT2D eigenvalue weighted by molar-refractivity contribution is -0.384. The van der Waals surface area contributed by atoms with E-state index in [1.165, 1.54) is 37.6 Å². The van der Waals surface area contributed by atoms with Gasteiger partial charge in [0.05, 0.1) is 23.8 Å². The van der Waals surface area contributed by atoms with Crippen LogP contribution in [-0.2, 0) is 0 Å². The number of amides is 1. The van der Waals surface area contributed by atoms with Crippen molar-refractivity contribution in [2.24, 2.45) is 5.10 Å². The maximum atomic E-state index is 12.4. The van der Waals surface area contributed by atoms with Gasteiger partial charge in [0.15, 0.2) is 11.5 Å². The zero-order valence-electron chi connectivity index (χ0n) is 17.3. The normalized spacial score (nSPS) is 10.6. The molecular weight excluding hydrogens is 414 g/mol. The summed E-state index contributed by atoms with van der Waals surface area (Å²) in [5, 5.41) is 14.8. The van der Waals surface area contributed by atoms with Crippen LogP contribution >= 0.6 is 0 Å². The standard InChI is InChI=1S/C23H19N3O6/c1-15-6-3-4-9-19(15)22(27)25-24-14-16-10-11-20(21(12-16)31-2)32-23(28)17-7-5-8-18(13-17)26(29)30/h3-14H,1-2H3,(H,25,27)/b24-14-. The molecular formula is C23H19N3O6. The van der Waals surface area contributed by atoms with Crippen LogP contribution in [0, 0.1) is 17.0 Å². The molecule has 0 fully saturated rings. The van der Waals surface area contributed by atoms with Gasteiger partial charge in [-0.25, -0.2) is 10.2 Å². The van der Waals surface area contributed by atoms with Gasteiger partial charge in [-0.15, -0.1) is 0 Å². The second-order valence-corrected chi connectivity index (χ2v) is 6.62. The van der Waals surface area contributed by atoms with Crippen LogP contribution in [0.2, 0.25) is 0 Å². The first-order valence-corrected chi connectivity index (χ1v) is 9.42. The number of aryl methyl sites for hydroxylation is 1. The van der Waals surface area contributed by atoms with Crippen molar-refractivity contribution < 1.29 is 24.0 Å². The van der Waals surface area contributed by atoms with Crippen molar-refractivity contribution in [3.8, 4) is 11.5 Å². The summed E-state index contributed by atoms with van der Waals surface area (Å²) in [5.74, 6) is -0.726. The van der Waals surface area contributed by atoms with E-state index in [2.05, 4.69) is 10.5 Å². The van der Waals surface area contributed by atoms with Crippen molar-refractivity contribution >= 4 is 23.8 Å². The number of non-ortho nitro benzene ring substituents is 1. The monoisotopic (exact) mass is 433 g/mol. The quantitative estimate of drug-likeness (QED) is 0.198. The van der Waals surface area contributed by atoms with Crippen molar-refractivity contribution in [2.75, 3.05) is 7.11 Å². The minimum Gasteiger partial charge on any atom is -0.493 e. The molecule has 0 aliphatic rings. The molecule has 1 amide bonds. The fourth-order valence-corrected chi connectivity index (χ4v) is 2.81. The van der Waals surface area contributed by atoms with E-state index in [9.17, 15) is 19.7 Å². The zero-order valence-corrected chi connectivity index (χ0v) is 17.3. The molecule has 0 radical (unpaired) electrons. The molecule has 3 aromatic rings. The van der Waals surface area contributed by atoms with E-state index >= 15 is 0 Å². The number of esters is 1. The number of hydrogen-bond acceptors (Lipinski definition) is 7. The molecule has 0 aromatic heterocycles. The van der Waals surface area contributed by atoms with E-state index in [4.69, 9.17) is 9.47 Å². The largest absolute Gasteiger partial charge is 0.493 e. The topological polar surface area (TPSA) is 120 Å². The predicted molar refractivity (Wildman–Crippen MR) is 117 cm³/mol. The van der Waals surface area contributed by atoms with Crippen molar-refractivity contribution in [1.29, 1.82) is 0 Å². The SMILES string of the molecule is COc1cc(/C=N\NC(=O)c2ccccc2C)ccc1OC(=O)c1cccc([N+](=O)[O-])c1. The highest BCUT2D eigenvalue weighted by Gasteiger charge is 2.16. The van der Waals surface area contributed by atoms with Gasteiger partial charge in [-0.05, 0) is 48.4 Å². The zero-order chi connectivity index (χ0) is 23.1. The van der Waals surface area contributed by atoms with Gasteiger partial charge in [-0.2, -0.15) is 5.10 Å². The fraction of sp³-hybridized carbons (Fsp3) is 0.0870. The number of nitrogens with one attached hydrogen (secondary N) is 1. The molecule has 3 aromatic carbocycles. The van der Waals surface area contributed by atoms with Gasteiger partial charge in [0, 0.05) is 17.7 Å². The molecule has 0 atom stereocenters. The number of benzene rings is 3. The van der Waals surface area contributed by atoms with E-state index in [0.717, 1.165) is 11.6 Å². The number of rotatable bonds is 7. The number of hydrogen-bond donors (Lipinski definition) is 1. The highest BCUT2D eigenvalue weighted by Crippen LogP contribution is 2.28. The van der Waals surface area contributed by atoms with Crippen LogP contribution in [-0.4, -0.2) is 30.1 Å². The Balaban J connectivity index is 1.70. The molecule has 1 N–H and O–H groups in total. The minimum atomic E-state index is -0.765. The van der Waals surface area contributed by atoms with Crippen LogP contribution in [0.5, 0.6) is 11.5 Å². The molecule has 0 unspecified atom stereocenters. The summed E-state index contributed by atoms with van der Waals surface area (Å²) in [5.41, 5.74) is 4.21. The van der Waals surface area contributed by atoms with Gasteiger partial charge in [-0.3, -0.25) is 14.9 Å². The number of carbonyl (C=O) groups excluding carboxylic acids is 2. The Kier molecular flexibility index (Phi) is 6.92. The van der Waals surface area contributed by atoms with E-state index in [-0.39, 0.29) is 28.7 Å². The molecule has 0 aliphatic heterocycles. The summed E-state index contributed by atoms with van der Waals surface area (Å²) in [6.45, 7) is 1.83. The Morgan fingerprint density at radius 1 is 1.03 bits per heavy atom. The Labute approximate surface area is 183 Å². The third-order valence-electron chi connectivity index (χ3n) is 4.45. The Hall–Kier alpha value is -4.53. The maximum absolute atomic E-state index is 12.4. The lowest BCUT2D eigenvalue weighted by Crippen LogP contribution is -2.18. The van der Waals surface area contributed by atoms with Gasteiger partial charge in [0.25, 0.3) is 11.6 Å². The first-order chi connectivity index (χ1) is 15.4. The molecule has 0 heterocycles. The number of ether oxygens (including phenoxy) is 2. The van der Waals surface area contributed by atoms with E-state index < -0.39 is 10.9 Å². The minimum absolute atomic E-state index is 0.0332. The van der Waals surface area contributed by atoms with Crippen LogP contribution in [0.1, 0.15) is 31.8 Å². The van der Waals surface area contributed by atoms with Gasteiger partial charge < -0.3 is 9.47 Å². The number of methoxy groups -OCH3 is 1. The molecule has 32 heavy (non-hydrogen) atoms. The van der Waals surface area contributed by atoms with Crippen molar-refractivity contribution in [2.45, 2.75) is 6.92 Å². The molecule has 0 aliphatic carbocycles. The average Bonchev–Trinajstić information content (AvgIpc) is 2.80. The lowest BCUT2D eigenvalue weighted by atomic mass is 10.1. The van der Waals surface area contributed by atoms with Gasteiger partial charge >= 0.3 is 5.97 Å². The summed E-state index contributed by atoms with van der Waals surface area (Å²) in [6.07, 6.45) is 1.42. The molecule has 9 heteroatoms. The number of nitro groups is 1. The van der Waals surface area contributed by atoms with Crippen LogP contribution in [0.15, 0.2) is 71.8 Å². The van der Waals surface area contributed by atoms with Crippen LogP contribution < -0.4 is 14.9 Å². The molecule has 3 rings (SSSR count). The first-order valence-electron chi connectivity index (χ1n) is 9.42. The Morgan fingerprint density at radius 2 is 1.81 bits per heavy atom. The third kappa shape index (κ3) is 5.33. The molecule has 0 saturated carbocycles. The second kappa shape index (κ2) is 9.98. The fourth-order valence-electron chi connectivity index (χ4n) is 2.81. The molecule has 9 nitrogen and oxygen atoms in total. The summed E-state index contributed by atoms with van der Waals surface area (Å²) in [7, 11) is 1.40. The number of hydrazone groups is 1. The third-order valence-corrected chi connectivity index (χ3v) is 4.45. The van der Waals surface area contributed by atoms with E-state index in [1.807, 2.05) is 19.1 Å². The Morgan fingerprint density at radius 3 is 2.53 bits per heavy atom. The summed E-state index contributed by atoms with van der Waals surface area (Å²) in [6, 6.07) is 17.1. The molecule has 0 bridgehead atoms. The van der Waals surface area contributed by atoms with Crippen molar-refractivity contribution in [3.05, 3.63) is 99.1 Å². The van der Waals surface area contributed by atoms with Gasteiger partial charge in [0.1, 0.15) is 0 Å². The lowest BCUT2D eigenvalue weighted by Gasteiger charge is -2.10. The smallest absolute Gasteiger partial charge is 0.343 e. The highest BCUT2D eigenvalue weighted by molar-refractivity contribution is 5.96. The summed E-state index contributed by atoms with van der Waals surface area (Å²) >= 11 is 0. The van der Waals surface area contributed by atoms with Gasteiger partial charge in [0.2, 0.25) is 0 Å². The van der Waals surface area contributed by atoms with Gasteiger partial charge in [-0.1, -0.05) is 24.3 Å². The van der Waals surface area contributed by atoms with Crippen LogP contribution in [0.3, 0.4) is 0 Å². The number of carbonyl (C=O) groups is 2. The van der Waals surface area contributed by atoms with E-state index in [0.29, 0.717) is 11.1 Å². The van der Waals surface area contributed by atoms with Crippen LogP contribution in [0.4, 0.5) is 5.69 Å². The highest BCUT2D eigenvalue weighted by atomic mass is 16.6. The maximum Gasteiger partial charge on any atom is 0.343 e. The summed E-state index contributed by atoms with van der Waals surface area (Å²) < 4.78 is 10.6. The number of nitro benzene ring substituents is 1. The Bertz CT molecular complexity index is 1210. The van der Waals surface area contributed by atoms with Crippen molar-refractivity contribution in [3.63, 3.8) is 0 Å². The molecule has 0 saturated heterocycles. The molecule has 162 valence electrons. The predicted octanol–water partition coefficient (Wildman–Crippen LogP) is 3.89. The second-order valence-electron chi connectivity index (χ2n) is 6.62. The summed E-state index contributed by atoms with van der Waals surface area (Å²) in [4.78, 5) is 34.9.